The summed E-state index contributed by atoms with van der Waals surface area (Å²) in [5, 5.41) is 3.43. The van der Waals surface area contributed by atoms with Crippen molar-refractivity contribution in [3.8, 4) is 0 Å². The highest BCUT2D eigenvalue weighted by Crippen LogP contribution is 2.57. The number of benzene rings is 1. The Morgan fingerprint density at radius 1 is 1.10 bits per heavy atom. The zero-order chi connectivity index (χ0) is 13.7. The first-order valence-electron chi connectivity index (χ1n) is 7.68. The summed E-state index contributed by atoms with van der Waals surface area (Å²) in [5.41, 5.74) is 0.593. The third-order valence-corrected chi connectivity index (χ3v) is 6.36. The van der Waals surface area contributed by atoms with Crippen LogP contribution in [0.25, 0.3) is 0 Å². The molecule has 1 N–H and O–H groups in total. The number of alkyl halides is 1. The zero-order valence-corrected chi connectivity index (χ0v) is 12.3. The van der Waals surface area contributed by atoms with Crippen LogP contribution in [0.15, 0.2) is 30.3 Å². The van der Waals surface area contributed by atoms with E-state index in [0.29, 0.717) is 5.92 Å². The van der Waals surface area contributed by atoms with Gasteiger partial charge in [0.2, 0.25) is 0 Å². The molecule has 1 aromatic carbocycles. The topological polar surface area (TPSA) is 29.1 Å². The minimum absolute atomic E-state index is 0.0400. The van der Waals surface area contributed by atoms with Crippen molar-refractivity contribution in [2.24, 2.45) is 17.8 Å². The fourth-order valence-corrected chi connectivity index (χ4v) is 5.48. The molecule has 0 heterocycles. The summed E-state index contributed by atoms with van der Waals surface area (Å²) in [6.45, 7) is 0. The van der Waals surface area contributed by atoms with Crippen LogP contribution in [0.2, 0.25) is 0 Å². The van der Waals surface area contributed by atoms with E-state index < -0.39 is 0 Å². The molecule has 1 amide bonds. The molecule has 106 valence electrons. The fourth-order valence-electron chi connectivity index (χ4n) is 5.04. The summed E-state index contributed by atoms with van der Waals surface area (Å²) in [6, 6.07) is 9.50. The normalized spacial score (nSPS) is 41.6. The summed E-state index contributed by atoms with van der Waals surface area (Å²) in [4.78, 5) is 12.5. The van der Waals surface area contributed by atoms with Crippen molar-refractivity contribution >= 4 is 17.5 Å². The molecule has 0 spiro atoms. The first-order valence-corrected chi connectivity index (χ1v) is 8.11. The number of carbonyl (C=O) groups is 1. The van der Waals surface area contributed by atoms with Crippen LogP contribution in [0.4, 0.5) is 0 Å². The Labute approximate surface area is 124 Å². The van der Waals surface area contributed by atoms with E-state index in [2.05, 4.69) is 5.32 Å². The Bertz CT molecular complexity index is 515. The molecular formula is C17H20ClNO. The van der Waals surface area contributed by atoms with Crippen LogP contribution in [-0.2, 0) is 0 Å². The molecule has 0 radical (unpaired) electrons. The van der Waals surface area contributed by atoms with Gasteiger partial charge in [-0.25, -0.2) is 0 Å². The van der Waals surface area contributed by atoms with Gasteiger partial charge in [0.05, 0.1) is 10.9 Å². The van der Waals surface area contributed by atoms with Gasteiger partial charge in [-0.3, -0.25) is 4.79 Å². The second kappa shape index (κ2) is 4.49. The van der Waals surface area contributed by atoms with Crippen LogP contribution in [0, 0.1) is 17.8 Å². The van der Waals surface area contributed by atoms with E-state index in [-0.39, 0.29) is 16.8 Å². The third kappa shape index (κ3) is 1.88. The van der Waals surface area contributed by atoms with E-state index in [1.165, 1.54) is 19.3 Å². The van der Waals surface area contributed by atoms with E-state index >= 15 is 0 Å². The summed E-state index contributed by atoms with van der Waals surface area (Å²) in [6.07, 6.45) is 6.05. The number of carbonyl (C=O) groups excluding carboxylic acids is 1. The number of hydrogen-bond donors (Lipinski definition) is 1. The van der Waals surface area contributed by atoms with Crippen LogP contribution in [0.5, 0.6) is 0 Å². The second-order valence-electron chi connectivity index (χ2n) is 6.99. The molecule has 0 saturated heterocycles. The van der Waals surface area contributed by atoms with Gasteiger partial charge in [0.1, 0.15) is 0 Å². The Morgan fingerprint density at radius 3 is 2.40 bits per heavy atom. The summed E-state index contributed by atoms with van der Waals surface area (Å²) in [7, 11) is 0. The molecule has 4 aliphatic rings. The van der Waals surface area contributed by atoms with Gasteiger partial charge < -0.3 is 5.32 Å². The maximum Gasteiger partial charge on any atom is 0.251 e. The summed E-state index contributed by atoms with van der Waals surface area (Å²) < 4.78 is 0. The monoisotopic (exact) mass is 289 g/mol. The first kappa shape index (κ1) is 12.7. The molecule has 4 saturated carbocycles. The highest BCUT2D eigenvalue weighted by atomic mass is 35.5. The number of halogens is 1. The maximum absolute atomic E-state index is 12.5. The van der Waals surface area contributed by atoms with Crippen molar-refractivity contribution in [1.82, 2.24) is 5.32 Å². The van der Waals surface area contributed by atoms with E-state index in [4.69, 9.17) is 11.6 Å². The molecule has 3 atom stereocenters. The summed E-state index contributed by atoms with van der Waals surface area (Å²) >= 11 is 6.74. The number of nitrogens with one attached hydrogen (secondary N) is 1. The van der Waals surface area contributed by atoms with Crippen LogP contribution < -0.4 is 5.32 Å². The molecule has 2 nitrogen and oxygen atoms in total. The van der Waals surface area contributed by atoms with Crippen molar-refractivity contribution in [3.63, 3.8) is 0 Å². The van der Waals surface area contributed by atoms with E-state index in [0.717, 1.165) is 30.2 Å². The van der Waals surface area contributed by atoms with Crippen LogP contribution in [-0.4, -0.2) is 16.8 Å². The number of amides is 1. The summed E-state index contributed by atoms with van der Waals surface area (Å²) in [5.74, 6) is 2.20. The average Bonchev–Trinajstić information content (AvgIpc) is 2.44. The van der Waals surface area contributed by atoms with Crippen LogP contribution in [0.3, 0.4) is 0 Å². The molecule has 1 aromatic rings. The predicted molar refractivity (Wildman–Crippen MR) is 79.8 cm³/mol. The SMILES string of the molecule is O=C(NC12CC3CC(CC(C3)C1Cl)C2)c1ccccc1. The molecule has 4 aliphatic carbocycles. The van der Waals surface area contributed by atoms with Crippen molar-refractivity contribution in [3.05, 3.63) is 35.9 Å². The standard InChI is InChI=1S/C17H20ClNO/c18-15-14-7-11-6-12(8-14)10-17(15,9-11)19-16(20)13-4-2-1-3-5-13/h1-5,11-12,14-15H,6-10H2,(H,19,20). The quantitative estimate of drug-likeness (QED) is 0.828. The Kier molecular flexibility index (Phi) is 2.85. The molecule has 0 aliphatic heterocycles. The molecule has 20 heavy (non-hydrogen) atoms. The van der Waals surface area contributed by atoms with Gasteiger partial charge in [0.25, 0.3) is 5.91 Å². The lowest BCUT2D eigenvalue weighted by Crippen LogP contribution is -2.66. The minimum Gasteiger partial charge on any atom is -0.345 e. The highest BCUT2D eigenvalue weighted by Gasteiger charge is 2.57. The van der Waals surface area contributed by atoms with Crippen LogP contribution in [0.1, 0.15) is 42.5 Å². The molecule has 3 unspecified atom stereocenters. The van der Waals surface area contributed by atoms with Gasteiger partial charge >= 0.3 is 0 Å². The Hall–Kier alpha value is -1.02. The largest absolute Gasteiger partial charge is 0.345 e. The van der Waals surface area contributed by atoms with Crippen LogP contribution >= 0.6 is 11.6 Å². The van der Waals surface area contributed by atoms with Gasteiger partial charge in [-0.1, -0.05) is 18.2 Å². The van der Waals surface area contributed by atoms with E-state index in [9.17, 15) is 4.79 Å². The van der Waals surface area contributed by atoms with Gasteiger partial charge in [0.15, 0.2) is 0 Å². The second-order valence-corrected chi connectivity index (χ2v) is 7.46. The molecule has 5 rings (SSSR count). The van der Waals surface area contributed by atoms with Crippen molar-refractivity contribution in [1.29, 1.82) is 0 Å². The first-order chi connectivity index (χ1) is 9.66. The van der Waals surface area contributed by atoms with E-state index in [1.807, 2.05) is 30.3 Å². The molecule has 4 bridgehead atoms. The molecule has 0 aromatic heterocycles. The lowest BCUT2D eigenvalue weighted by molar-refractivity contribution is -0.0123. The van der Waals surface area contributed by atoms with Crippen molar-refractivity contribution < 1.29 is 4.79 Å². The third-order valence-electron chi connectivity index (χ3n) is 5.58. The Balaban J connectivity index is 1.60. The zero-order valence-electron chi connectivity index (χ0n) is 11.5. The van der Waals surface area contributed by atoms with Gasteiger partial charge in [-0.15, -0.1) is 11.6 Å². The smallest absolute Gasteiger partial charge is 0.251 e. The van der Waals surface area contributed by atoms with Crippen molar-refractivity contribution in [2.45, 2.75) is 43.0 Å². The Morgan fingerprint density at radius 2 is 1.75 bits per heavy atom. The maximum atomic E-state index is 12.5. The minimum atomic E-state index is -0.150. The number of rotatable bonds is 2. The fraction of sp³-hybridized carbons (Fsp3) is 0.588. The number of hydrogen-bond acceptors (Lipinski definition) is 1. The predicted octanol–water partition coefficient (Wildman–Crippen LogP) is 3.60. The highest BCUT2D eigenvalue weighted by molar-refractivity contribution is 6.22. The van der Waals surface area contributed by atoms with E-state index in [1.54, 1.807) is 0 Å². The van der Waals surface area contributed by atoms with Gasteiger partial charge in [0, 0.05) is 5.56 Å². The average molecular weight is 290 g/mol. The lowest BCUT2D eigenvalue weighted by atomic mass is 9.52. The van der Waals surface area contributed by atoms with Crippen molar-refractivity contribution in [2.75, 3.05) is 0 Å². The van der Waals surface area contributed by atoms with Gasteiger partial charge in [-0.2, -0.15) is 0 Å². The lowest BCUT2D eigenvalue weighted by Gasteiger charge is -2.59. The molecule has 3 heteroatoms. The molecule has 4 fully saturated rings. The van der Waals surface area contributed by atoms with Gasteiger partial charge in [-0.05, 0) is 62.0 Å². The molecular weight excluding hydrogens is 270 g/mol.